The molecule has 0 bridgehead atoms. The van der Waals surface area contributed by atoms with Crippen LogP contribution in [0.5, 0.6) is 5.75 Å². The van der Waals surface area contributed by atoms with Crippen molar-refractivity contribution < 1.29 is 13.9 Å². The molecule has 1 aliphatic rings. The number of hydrogen-bond donors (Lipinski definition) is 1. The molecule has 0 amide bonds. The molecule has 1 fully saturated rings. The van der Waals surface area contributed by atoms with Crippen molar-refractivity contribution in [2.75, 3.05) is 0 Å². The first kappa shape index (κ1) is 15.3. The lowest BCUT2D eigenvalue weighted by molar-refractivity contribution is -0.0849. The number of halogens is 1. The molecule has 0 radical (unpaired) electrons. The molecule has 0 aliphatic carbocycles. The maximum absolute atomic E-state index is 14.1. The van der Waals surface area contributed by atoms with Crippen LogP contribution in [0.25, 0.3) is 0 Å². The lowest BCUT2D eigenvalue weighted by Crippen LogP contribution is -2.36. The van der Waals surface area contributed by atoms with E-state index in [4.69, 9.17) is 15.2 Å². The van der Waals surface area contributed by atoms with Gasteiger partial charge < -0.3 is 15.2 Å². The molecular weight excluding hydrogens is 257 g/mol. The van der Waals surface area contributed by atoms with E-state index < -0.39 is 5.60 Å². The first-order chi connectivity index (χ1) is 9.11. The molecule has 1 aromatic carbocycles. The van der Waals surface area contributed by atoms with E-state index in [-0.39, 0.29) is 29.3 Å². The minimum Gasteiger partial charge on any atom is -0.484 e. The third kappa shape index (κ3) is 3.13. The van der Waals surface area contributed by atoms with Crippen LogP contribution in [-0.4, -0.2) is 17.3 Å². The predicted molar refractivity (Wildman–Crippen MR) is 77.3 cm³/mol. The maximum atomic E-state index is 14.1. The second kappa shape index (κ2) is 5.01. The standard InChI is InChI=1S/C16H24FNO2/c1-10(18)11-6-7-13(12(17)8-11)19-14-9-15(2,3)20-16(14,4)5/h6-8,10,14H,9,18H2,1-5H3/t10-,14?/m1/s1. The zero-order valence-corrected chi connectivity index (χ0v) is 12.9. The van der Waals surface area contributed by atoms with Crippen LogP contribution >= 0.6 is 0 Å². The average Bonchev–Trinajstić information content (AvgIpc) is 2.49. The summed E-state index contributed by atoms with van der Waals surface area (Å²) in [6.07, 6.45) is 0.558. The van der Waals surface area contributed by atoms with E-state index in [1.807, 2.05) is 34.6 Å². The van der Waals surface area contributed by atoms with Gasteiger partial charge in [-0.25, -0.2) is 4.39 Å². The van der Waals surface area contributed by atoms with E-state index in [1.165, 1.54) is 6.07 Å². The zero-order valence-electron chi connectivity index (χ0n) is 12.9. The van der Waals surface area contributed by atoms with Gasteiger partial charge in [0.2, 0.25) is 0 Å². The quantitative estimate of drug-likeness (QED) is 0.921. The molecule has 1 aromatic rings. The highest BCUT2D eigenvalue weighted by atomic mass is 19.1. The van der Waals surface area contributed by atoms with Gasteiger partial charge in [-0.05, 0) is 52.3 Å². The van der Waals surface area contributed by atoms with Gasteiger partial charge in [0, 0.05) is 12.5 Å². The van der Waals surface area contributed by atoms with Crippen molar-refractivity contribution in [3.8, 4) is 5.75 Å². The summed E-state index contributed by atoms with van der Waals surface area (Å²) >= 11 is 0. The van der Waals surface area contributed by atoms with Crippen LogP contribution in [0, 0.1) is 5.82 Å². The number of nitrogens with two attached hydrogens (primary N) is 1. The molecule has 1 saturated heterocycles. The highest BCUT2D eigenvalue weighted by molar-refractivity contribution is 5.31. The lowest BCUT2D eigenvalue weighted by atomic mass is 9.97. The second-order valence-electron chi connectivity index (χ2n) is 6.75. The summed E-state index contributed by atoms with van der Waals surface area (Å²) in [6.45, 7) is 9.81. The first-order valence-electron chi connectivity index (χ1n) is 7.02. The Bertz CT molecular complexity index is 497. The fourth-order valence-electron chi connectivity index (χ4n) is 2.74. The Morgan fingerprint density at radius 2 is 2.00 bits per heavy atom. The van der Waals surface area contributed by atoms with Crippen molar-refractivity contribution in [2.24, 2.45) is 5.73 Å². The monoisotopic (exact) mass is 281 g/mol. The van der Waals surface area contributed by atoms with E-state index in [9.17, 15) is 4.39 Å². The van der Waals surface area contributed by atoms with Gasteiger partial charge in [-0.15, -0.1) is 0 Å². The van der Waals surface area contributed by atoms with Gasteiger partial charge in [0.25, 0.3) is 0 Å². The molecule has 4 heteroatoms. The summed E-state index contributed by atoms with van der Waals surface area (Å²) in [5.74, 6) is -0.117. The smallest absolute Gasteiger partial charge is 0.165 e. The molecule has 0 aromatic heterocycles. The van der Waals surface area contributed by atoms with Crippen LogP contribution in [0.3, 0.4) is 0 Å². The molecule has 0 saturated carbocycles. The lowest BCUT2D eigenvalue weighted by Gasteiger charge is -2.27. The van der Waals surface area contributed by atoms with Crippen LogP contribution < -0.4 is 10.5 Å². The van der Waals surface area contributed by atoms with E-state index in [1.54, 1.807) is 12.1 Å². The molecule has 2 N–H and O–H groups in total. The third-order valence-electron chi connectivity index (χ3n) is 3.74. The molecule has 2 atom stereocenters. The number of hydrogen-bond acceptors (Lipinski definition) is 3. The Labute approximate surface area is 120 Å². The summed E-state index contributed by atoms with van der Waals surface area (Å²) in [6, 6.07) is 4.70. The molecule has 3 nitrogen and oxygen atoms in total. The maximum Gasteiger partial charge on any atom is 0.165 e. The van der Waals surface area contributed by atoms with Gasteiger partial charge in [-0.3, -0.25) is 0 Å². The second-order valence-corrected chi connectivity index (χ2v) is 6.75. The van der Waals surface area contributed by atoms with Crippen molar-refractivity contribution in [1.82, 2.24) is 0 Å². The van der Waals surface area contributed by atoms with Gasteiger partial charge in [0.05, 0.1) is 5.60 Å². The zero-order chi connectivity index (χ0) is 15.1. The summed E-state index contributed by atoms with van der Waals surface area (Å²) in [7, 11) is 0. The van der Waals surface area contributed by atoms with Crippen molar-refractivity contribution >= 4 is 0 Å². The van der Waals surface area contributed by atoms with Crippen molar-refractivity contribution in [3.05, 3.63) is 29.6 Å². The van der Waals surface area contributed by atoms with Gasteiger partial charge >= 0.3 is 0 Å². The van der Waals surface area contributed by atoms with Crippen molar-refractivity contribution in [1.29, 1.82) is 0 Å². The van der Waals surface area contributed by atoms with E-state index in [2.05, 4.69) is 0 Å². The highest BCUT2D eigenvalue weighted by Gasteiger charge is 2.47. The molecule has 20 heavy (non-hydrogen) atoms. The first-order valence-corrected chi connectivity index (χ1v) is 7.02. The van der Waals surface area contributed by atoms with Gasteiger partial charge in [-0.2, -0.15) is 0 Å². The van der Waals surface area contributed by atoms with Crippen LogP contribution in [0.2, 0.25) is 0 Å². The normalized spacial score (nSPS) is 25.4. The van der Waals surface area contributed by atoms with Crippen LogP contribution in [-0.2, 0) is 4.74 Å². The minimum absolute atomic E-state index is 0.173. The van der Waals surface area contributed by atoms with Crippen LogP contribution in [0.15, 0.2) is 18.2 Å². The molecular formula is C16H24FNO2. The van der Waals surface area contributed by atoms with E-state index in [0.29, 0.717) is 0 Å². The number of rotatable bonds is 3. The third-order valence-corrected chi connectivity index (χ3v) is 3.74. The summed E-state index contributed by atoms with van der Waals surface area (Å²) < 4.78 is 25.9. The predicted octanol–water partition coefficient (Wildman–Crippen LogP) is 3.57. The largest absolute Gasteiger partial charge is 0.484 e. The molecule has 1 heterocycles. The van der Waals surface area contributed by atoms with Crippen LogP contribution in [0.1, 0.15) is 52.6 Å². The topological polar surface area (TPSA) is 44.5 Å². The summed E-state index contributed by atoms with van der Waals surface area (Å²) in [5, 5.41) is 0. The van der Waals surface area contributed by atoms with Crippen molar-refractivity contribution in [3.63, 3.8) is 0 Å². The highest BCUT2D eigenvalue weighted by Crippen LogP contribution is 2.40. The SMILES string of the molecule is C[C@@H](N)c1ccc(OC2CC(C)(C)OC2(C)C)c(F)c1. The van der Waals surface area contributed by atoms with Gasteiger partial charge in [0.15, 0.2) is 11.6 Å². The molecule has 0 spiro atoms. The minimum atomic E-state index is -0.435. The number of ether oxygens (including phenoxy) is 2. The summed E-state index contributed by atoms with van der Waals surface area (Å²) in [4.78, 5) is 0. The van der Waals surface area contributed by atoms with Crippen LogP contribution in [0.4, 0.5) is 4.39 Å². The Morgan fingerprint density at radius 1 is 1.35 bits per heavy atom. The Hall–Kier alpha value is -1.13. The molecule has 2 rings (SSSR count). The van der Waals surface area contributed by atoms with E-state index in [0.717, 1.165) is 12.0 Å². The molecule has 1 aliphatic heterocycles. The molecule has 1 unspecified atom stereocenters. The fraction of sp³-hybridized carbons (Fsp3) is 0.625. The Kier molecular flexibility index (Phi) is 3.82. The van der Waals surface area contributed by atoms with E-state index >= 15 is 0 Å². The van der Waals surface area contributed by atoms with Gasteiger partial charge in [0.1, 0.15) is 11.7 Å². The Balaban J connectivity index is 2.18. The van der Waals surface area contributed by atoms with Gasteiger partial charge in [-0.1, -0.05) is 6.07 Å². The van der Waals surface area contributed by atoms with Crippen molar-refractivity contribution in [2.45, 2.75) is 64.4 Å². The fourth-order valence-corrected chi connectivity index (χ4v) is 2.74. The average molecular weight is 281 g/mol. The summed E-state index contributed by atoms with van der Waals surface area (Å²) in [5.41, 5.74) is 5.82. The molecule has 112 valence electrons. The Morgan fingerprint density at radius 3 is 2.45 bits per heavy atom. The number of benzene rings is 1.